The van der Waals surface area contributed by atoms with Crippen LogP contribution in [0.5, 0.6) is 0 Å². The first kappa shape index (κ1) is 12.8. The molecule has 0 bridgehead atoms. The van der Waals surface area contributed by atoms with Crippen LogP contribution < -0.4 is 5.73 Å². The molecule has 0 aromatic carbocycles. The van der Waals surface area contributed by atoms with Gasteiger partial charge in [-0.15, -0.1) is 0 Å². The van der Waals surface area contributed by atoms with Gasteiger partial charge in [-0.05, 0) is 6.92 Å². The Balaban J connectivity index is 2.92. The van der Waals surface area contributed by atoms with Crippen molar-refractivity contribution >= 4 is 0 Å². The van der Waals surface area contributed by atoms with Crippen molar-refractivity contribution in [2.45, 2.75) is 43.2 Å². The number of aliphatic hydroxyl groups is 5. The molecule has 0 radical (unpaired) electrons. The number of rotatable bonds is 2. The zero-order chi connectivity index (χ0) is 11.8. The maximum absolute atomic E-state index is 9.83. The molecule has 6 atom stereocenters. The molecule has 7 nitrogen and oxygen atoms in total. The fourth-order valence-corrected chi connectivity index (χ4v) is 1.56. The standard InChI is InChI=1S/C8H17NO6/c1-3(9)8(14)7(13)6(12)5(11)4(2-10)15-8/h3-7,10-14H,2,9H2,1H3/t3?,4-,5-,6+,7+,8+/m1/s1. The lowest BCUT2D eigenvalue weighted by Crippen LogP contribution is -2.70. The van der Waals surface area contributed by atoms with E-state index in [9.17, 15) is 20.4 Å². The largest absolute Gasteiger partial charge is 0.394 e. The second-order valence-corrected chi connectivity index (χ2v) is 3.81. The highest BCUT2D eigenvalue weighted by molar-refractivity contribution is 4.99. The van der Waals surface area contributed by atoms with Crippen molar-refractivity contribution in [2.24, 2.45) is 5.73 Å². The molecule has 1 aliphatic rings. The molecule has 0 aromatic rings. The molecule has 7 heteroatoms. The van der Waals surface area contributed by atoms with Gasteiger partial charge in [0, 0.05) is 0 Å². The van der Waals surface area contributed by atoms with Crippen LogP contribution in [0.25, 0.3) is 0 Å². The van der Waals surface area contributed by atoms with Crippen molar-refractivity contribution in [3.05, 3.63) is 0 Å². The van der Waals surface area contributed by atoms with Crippen molar-refractivity contribution < 1.29 is 30.3 Å². The third-order valence-electron chi connectivity index (χ3n) is 2.65. The molecule has 0 aliphatic carbocycles. The van der Waals surface area contributed by atoms with Crippen LogP contribution in [0.3, 0.4) is 0 Å². The Morgan fingerprint density at radius 2 is 1.87 bits per heavy atom. The second-order valence-electron chi connectivity index (χ2n) is 3.81. The van der Waals surface area contributed by atoms with Crippen LogP contribution in [0.4, 0.5) is 0 Å². The van der Waals surface area contributed by atoms with E-state index in [1.807, 2.05) is 0 Å². The average Bonchev–Trinajstić information content (AvgIpc) is 2.20. The molecule has 1 aliphatic heterocycles. The second kappa shape index (κ2) is 4.30. The van der Waals surface area contributed by atoms with Gasteiger partial charge < -0.3 is 36.0 Å². The summed E-state index contributed by atoms with van der Waals surface area (Å²) >= 11 is 0. The Morgan fingerprint density at radius 3 is 2.27 bits per heavy atom. The summed E-state index contributed by atoms with van der Waals surface area (Å²) in [4.78, 5) is 0. The Morgan fingerprint density at radius 1 is 1.33 bits per heavy atom. The maximum atomic E-state index is 9.83. The van der Waals surface area contributed by atoms with Crippen LogP contribution in [-0.4, -0.2) is 68.4 Å². The van der Waals surface area contributed by atoms with Gasteiger partial charge in [0.25, 0.3) is 0 Å². The lowest BCUT2D eigenvalue weighted by molar-refractivity contribution is -0.354. The summed E-state index contributed by atoms with van der Waals surface area (Å²) < 4.78 is 4.90. The summed E-state index contributed by atoms with van der Waals surface area (Å²) in [5, 5.41) is 47.0. The van der Waals surface area contributed by atoms with Crippen molar-refractivity contribution in [3.8, 4) is 0 Å². The molecule has 7 N–H and O–H groups in total. The first-order valence-corrected chi connectivity index (χ1v) is 4.65. The van der Waals surface area contributed by atoms with Crippen LogP contribution in [0.2, 0.25) is 0 Å². The van der Waals surface area contributed by atoms with E-state index in [2.05, 4.69) is 0 Å². The van der Waals surface area contributed by atoms with E-state index in [1.165, 1.54) is 6.92 Å². The van der Waals surface area contributed by atoms with E-state index in [4.69, 9.17) is 15.6 Å². The van der Waals surface area contributed by atoms with E-state index in [0.29, 0.717) is 0 Å². The van der Waals surface area contributed by atoms with Crippen LogP contribution in [0.15, 0.2) is 0 Å². The summed E-state index contributed by atoms with van der Waals surface area (Å²) in [6.07, 6.45) is -5.99. The molecule has 1 unspecified atom stereocenters. The van der Waals surface area contributed by atoms with Gasteiger partial charge in [-0.25, -0.2) is 0 Å². The van der Waals surface area contributed by atoms with Crippen LogP contribution in [0, 0.1) is 0 Å². The topological polar surface area (TPSA) is 136 Å². The zero-order valence-corrected chi connectivity index (χ0v) is 8.32. The minimum Gasteiger partial charge on any atom is -0.394 e. The van der Waals surface area contributed by atoms with Crippen molar-refractivity contribution in [3.63, 3.8) is 0 Å². The molecule has 0 amide bonds. The summed E-state index contributed by atoms with van der Waals surface area (Å²) in [6, 6.07) is -0.983. The van der Waals surface area contributed by atoms with E-state index in [0.717, 1.165) is 0 Å². The fraction of sp³-hybridized carbons (Fsp3) is 1.00. The van der Waals surface area contributed by atoms with Crippen LogP contribution in [-0.2, 0) is 4.74 Å². The summed E-state index contributed by atoms with van der Waals surface area (Å²) in [6.45, 7) is 0.780. The minimum atomic E-state index is -2.17. The Kier molecular flexibility index (Phi) is 3.67. The first-order valence-electron chi connectivity index (χ1n) is 4.65. The highest BCUT2D eigenvalue weighted by Crippen LogP contribution is 2.29. The van der Waals surface area contributed by atoms with E-state index >= 15 is 0 Å². The predicted octanol–water partition coefficient (Wildman–Crippen LogP) is -3.50. The Hall–Kier alpha value is -0.280. The number of hydrogen-bond acceptors (Lipinski definition) is 7. The number of aliphatic hydroxyl groups excluding tert-OH is 4. The zero-order valence-electron chi connectivity index (χ0n) is 8.32. The smallest absolute Gasteiger partial charge is 0.210 e. The number of hydrogen-bond donors (Lipinski definition) is 6. The molecule has 90 valence electrons. The molecule has 1 fully saturated rings. The van der Waals surface area contributed by atoms with Crippen LogP contribution in [0.1, 0.15) is 6.92 Å². The average molecular weight is 223 g/mol. The quantitative estimate of drug-likeness (QED) is 0.286. The molecule has 15 heavy (non-hydrogen) atoms. The Bertz CT molecular complexity index is 223. The predicted molar refractivity (Wildman–Crippen MR) is 48.6 cm³/mol. The number of ether oxygens (including phenoxy) is 1. The fourth-order valence-electron chi connectivity index (χ4n) is 1.56. The van der Waals surface area contributed by atoms with E-state index < -0.39 is 42.9 Å². The first-order chi connectivity index (χ1) is 6.84. The summed E-state index contributed by atoms with van der Waals surface area (Å²) in [7, 11) is 0. The molecular weight excluding hydrogens is 206 g/mol. The van der Waals surface area contributed by atoms with Gasteiger partial charge in [0.15, 0.2) is 0 Å². The summed E-state index contributed by atoms with van der Waals surface area (Å²) in [5.74, 6) is -2.17. The van der Waals surface area contributed by atoms with Crippen LogP contribution >= 0.6 is 0 Å². The van der Waals surface area contributed by atoms with Crippen molar-refractivity contribution in [1.29, 1.82) is 0 Å². The molecule has 0 saturated carbocycles. The van der Waals surface area contributed by atoms with Gasteiger partial charge >= 0.3 is 0 Å². The highest BCUT2D eigenvalue weighted by atomic mass is 16.7. The normalized spacial score (nSPS) is 49.0. The van der Waals surface area contributed by atoms with E-state index in [1.54, 1.807) is 0 Å². The molecular formula is C8H17NO6. The Labute approximate surface area is 86.7 Å². The molecule has 1 rings (SSSR count). The van der Waals surface area contributed by atoms with Crippen molar-refractivity contribution in [1.82, 2.24) is 0 Å². The monoisotopic (exact) mass is 223 g/mol. The molecule has 1 heterocycles. The van der Waals surface area contributed by atoms with Gasteiger partial charge in [-0.3, -0.25) is 0 Å². The van der Waals surface area contributed by atoms with Gasteiger partial charge in [0.05, 0.1) is 12.6 Å². The number of nitrogens with two attached hydrogens (primary N) is 1. The maximum Gasteiger partial charge on any atom is 0.210 e. The van der Waals surface area contributed by atoms with Crippen molar-refractivity contribution in [2.75, 3.05) is 6.61 Å². The lowest BCUT2D eigenvalue weighted by Gasteiger charge is -2.47. The van der Waals surface area contributed by atoms with Gasteiger partial charge in [-0.2, -0.15) is 0 Å². The van der Waals surface area contributed by atoms with Gasteiger partial charge in [-0.1, -0.05) is 0 Å². The van der Waals surface area contributed by atoms with Gasteiger partial charge in [0.2, 0.25) is 5.79 Å². The third-order valence-corrected chi connectivity index (χ3v) is 2.65. The third kappa shape index (κ3) is 2.00. The molecule has 0 spiro atoms. The highest BCUT2D eigenvalue weighted by Gasteiger charge is 2.54. The molecule has 0 aromatic heterocycles. The minimum absolute atomic E-state index is 0.597. The summed E-state index contributed by atoms with van der Waals surface area (Å²) in [5.41, 5.74) is 5.41. The SMILES string of the molecule is CC(N)[C@]1(O)O[C@H](CO)[C@@H](O)[C@H](O)[C@@H]1O. The van der Waals surface area contributed by atoms with E-state index in [-0.39, 0.29) is 0 Å². The van der Waals surface area contributed by atoms with Gasteiger partial charge in [0.1, 0.15) is 24.4 Å². The lowest BCUT2D eigenvalue weighted by atomic mass is 9.89. The molecule has 1 saturated heterocycles.